The Morgan fingerprint density at radius 3 is 2.39 bits per heavy atom. The Kier molecular flexibility index (Phi) is 3.33. The molecule has 3 heteroatoms. The van der Waals surface area contributed by atoms with Crippen LogP contribution < -0.4 is 4.90 Å². The quantitative estimate of drug-likeness (QED) is 0.603. The zero-order valence-electron chi connectivity index (χ0n) is 10.7. The molecule has 3 rings (SSSR count). The van der Waals surface area contributed by atoms with Gasteiger partial charge < -0.3 is 10.1 Å². The molecule has 96 valence electrons. The normalized spacial score (nSPS) is 33.6. The van der Waals surface area contributed by atoms with Gasteiger partial charge in [-0.1, -0.05) is 35.5 Å². The third kappa shape index (κ3) is 2.27. The van der Waals surface area contributed by atoms with E-state index in [4.69, 9.17) is 5.21 Å². The lowest BCUT2D eigenvalue weighted by Gasteiger charge is -2.43. The number of quaternary nitrogens is 1. The molecular weight excluding hydrogens is 224 g/mol. The van der Waals surface area contributed by atoms with E-state index in [-0.39, 0.29) is 0 Å². The lowest BCUT2D eigenvalue weighted by Crippen LogP contribution is -3.20. The number of nitrogens with one attached hydrogen (secondary N) is 1. The van der Waals surface area contributed by atoms with E-state index in [0.717, 1.165) is 25.1 Å². The fraction of sp³-hybridized carbons (Fsp3) is 0.533. The molecule has 3 nitrogen and oxygen atoms in total. The lowest BCUT2D eigenvalue weighted by atomic mass is 9.83. The van der Waals surface area contributed by atoms with Crippen LogP contribution in [0.15, 0.2) is 35.5 Å². The first-order chi connectivity index (χ1) is 8.86. The molecule has 2 fully saturated rings. The molecule has 18 heavy (non-hydrogen) atoms. The van der Waals surface area contributed by atoms with Crippen molar-refractivity contribution in [2.24, 2.45) is 5.16 Å². The van der Waals surface area contributed by atoms with Gasteiger partial charge >= 0.3 is 0 Å². The number of hydrogen-bond acceptors (Lipinski definition) is 2. The first-order valence-corrected chi connectivity index (χ1v) is 6.96. The molecule has 0 amide bonds. The molecule has 1 aromatic rings. The molecule has 2 bridgehead atoms. The molecule has 0 radical (unpaired) electrons. The van der Waals surface area contributed by atoms with Crippen LogP contribution in [-0.4, -0.2) is 23.0 Å². The summed E-state index contributed by atoms with van der Waals surface area (Å²) in [5.41, 5.74) is 2.44. The van der Waals surface area contributed by atoms with Crippen molar-refractivity contribution >= 4 is 5.71 Å². The van der Waals surface area contributed by atoms with Gasteiger partial charge in [0.15, 0.2) is 0 Å². The molecule has 1 aromatic carbocycles. The fourth-order valence-corrected chi connectivity index (χ4v) is 3.64. The molecule has 0 spiro atoms. The Bertz CT molecular complexity index is 413. The molecule has 1 unspecified atom stereocenters. The van der Waals surface area contributed by atoms with E-state index in [1.54, 1.807) is 4.90 Å². The Labute approximate surface area is 108 Å². The number of hydrogen-bond donors (Lipinski definition) is 2. The Morgan fingerprint density at radius 2 is 1.78 bits per heavy atom. The van der Waals surface area contributed by atoms with E-state index in [1.165, 1.54) is 24.8 Å². The van der Waals surface area contributed by atoms with E-state index in [0.29, 0.717) is 12.1 Å². The predicted octanol–water partition coefficient (Wildman–Crippen LogP) is 1.62. The van der Waals surface area contributed by atoms with Crippen molar-refractivity contribution in [3.05, 3.63) is 35.9 Å². The third-order valence-electron chi connectivity index (χ3n) is 4.51. The molecule has 0 aromatic heterocycles. The summed E-state index contributed by atoms with van der Waals surface area (Å²) in [6, 6.07) is 12.1. The van der Waals surface area contributed by atoms with Crippen LogP contribution in [0.5, 0.6) is 0 Å². The van der Waals surface area contributed by atoms with Crippen LogP contribution in [0.2, 0.25) is 0 Å². The van der Waals surface area contributed by atoms with Crippen LogP contribution in [0.3, 0.4) is 0 Å². The zero-order valence-corrected chi connectivity index (χ0v) is 10.7. The third-order valence-corrected chi connectivity index (χ3v) is 4.51. The minimum absolute atomic E-state index is 0.656. The van der Waals surface area contributed by atoms with E-state index in [1.807, 2.05) is 0 Å². The van der Waals surface area contributed by atoms with Crippen LogP contribution in [0.25, 0.3) is 0 Å². The average molecular weight is 245 g/mol. The molecule has 2 aliphatic rings. The van der Waals surface area contributed by atoms with E-state index < -0.39 is 0 Å². The molecule has 2 aliphatic heterocycles. The lowest BCUT2D eigenvalue weighted by molar-refractivity contribution is -0.969. The molecule has 2 saturated heterocycles. The summed E-state index contributed by atoms with van der Waals surface area (Å²) in [7, 11) is 0. The van der Waals surface area contributed by atoms with Crippen LogP contribution in [0, 0.1) is 0 Å². The highest BCUT2D eigenvalue weighted by molar-refractivity contribution is 5.85. The van der Waals surface area contributed by atoms with Crippen LogP contribution in [0.4, 0.5) is 0 Å². The van der Waals surface area contributed by atoms with Gasteiger partial charge in [-0.05, 0) is 6.42 Å². The van der Waals surface area contributed by atoms with Crippen molar-refractivity contribution < 1.29 is 10.1 Å². The van der Waals surface area contributed by atoms with Crippen molar-refractivity contribution in [1.82, 2.24) is 0 Å². The second kappa shape index (κ2) is 5.11. The molecule has 2 heterocycles. The molecule has 3 atom stereocenters. The van der Waals surface area contributed by atoms with Crippen LogP contribution in [0.1, 0.15) is 37.7 Å². The van der Waals surface area contributed by atoms with Crippen molar-refractivity contribution in [3.8, 4) is 0 Å². The summed E-state index contributed by atoms with van der Waals surface area (Å²) in [5, 5.41) is 12.5. The van der Waals surface area contributed by atoms with Crippen LogP contribution in [-0.2, 0) is 6.54 Å². The van der Waals surface area contributed by atoms with Gasteiger partial charge in [-0.15, -0.1) is 0 Å². The summed E-state index contributed by atoms with van der Waals surface area (Å²) >= 11 is 0. The number of benzene rings is 1. The maximum atomic E-state index is 9.00. The minimum atomic E-state index is 0.656. The number of nitrogens with zero attached hydrogens (tertiary/aromatic N) is 1. The summed E-state index contributed by atoms with van der Waals surface area (Å²) in [6.07, 6.45) is 5.85. The highest BCUT2D eigenvalue weighted by Crippen LogP contribution is 2.20. The summed E-state index contributed by atoms with van der Waals surface area (Å²) in [5.74, 6) is 0. The number of rotatable bonds is 2. The largest absolute Gasteiger partial charge is 0.411 e. The van der Waals surface area contributed by atoms with Gasteiger partial charge in [0.1, 0.15) is 6.54 Å². The summed E-state index contributed by atoms with van der Waals surface area (Å²) < 4.78 is 0. The second-order valence-corrected chi connectivity index (χ2v) is 5.64. The van der Waals surface area contributed by atoms with Gasteiger partial charge in [-0.25, -0.2) is 0 Å². The molecule has 0 aliphatic carbocycles. The highest BCUT2D eigenvalue weighted by Gasteiger charge is 2.40. The van der Waals surface area contributed by atoms with Crippen molar-refractivity contribution in [2.45, 2.75) is 50.7 Å². The van der Waals surface area contributed by atoms with Gasteiger partial charge in [0.2, 0.25) is 0 Å². The van der Waals surface area contributed by atoms with E-state index in [9.17, 15) is 0 Å². The predicted molar refractivity (Wildman–Crippen MR) is 71.0 cm³/mol. The maximum Gasteiger partial charge on any atom is 0.103 e. The van der Waals surface area contributed by atoms with Gasteiger partial charge in [-0.3, -0.25) is 0 Å². The first kappa shape index (κ1) is 11.7. The number of oxime groups is 1. The maximum absolute atomic E-state index is 9.00. The number of fused-ring (bicyclic) bond motifs is 2. The Balaban J connectivity index is 1.76. The van der Waals surface area contributed by atoms with Gasteiger partial charge in [0.05, 0.1) is 17.8 Å². The van der Waals surface area contributed by atoms with Crippen molar-refractivity contribution in [2.75, 3.05) is 0 Å². The zero-order chi connectivity index (χ0) is 12.4. The smallest absolute Gasteiger partial charge is 0.103 e. The van der Waals surface area contributed by atoms with Crippen molar-refractivity contribution in [3.63, 3.8) is 0 Å². The minimum Gasteiger partial charge on any atom is -0.411 e. The summed E-state index contributed by atoms with van der Waals surface area (Å²) in [4.78, 5) is 1.71. The van der Waals surface area contributed by atoms with Gasteiger partial charge in [0, 0.05) is 31.2 Å². The van der Waals surface area contributed by atoms with Crippen LogP contribution >= 0.6 is 0 Å². The topological polar surface area (TPSA) is 37.0 Å². The Hall–Kier alpha value is -1.35. The first-order valence-electron chi connectivity index (χ1n) is 6.96. The highest BCUT2D eigenvalue weighted by atomic mass is 16.4. The second-order valence-electron chi connectivity index (χ2n) is 5.64. The molecule has 2 N–H and O–H groups in total. The number of piperidine rings is 2. The standard InChI is InChI=1S/C15H20N2O/c18-16-13-9-14-7-4-8-15(10-13)17(14)11-12-5-2-1-3-6-12/h1-3,5-6,14-15,18H,4,7-11H2/p+1/t14-,15+. The molecular formula is C15H21N2O+. The van der Waals surface area contributed by atoms with Gasteiger partial charge in [-0.2, -0.15) is 0 Å². The average Bonchev–Trinajstić information content (AvgIpc) is 2.39. The summed E-state index contributed by atoms with van der Waals surface area (Å²) in [6.45, 7) is 1.12. The fourth-order valence-electron chi connectivity index (χ4n) is 3.64. The van der Waals surface area contributed by atoms with Crippen molar-refractivity contribution in [1.29, 1.82) is 0 Å². The van der Waals surface area contributed by atoms with Gasteiger partial charge in [0.25, 0.3) is 0 Å². The molecule has 0 saturated carbocycles. The monoisotopic (exact) mass is 245 g/mol. The van der Waals surface area contributed by atoms with E-state index in [2.05, 4.69) is 35.5 Å². The SMILES string of the molecule is ON=C1C[C@H]2CCC[C@@H](C1)[NH+]2Cc1ccccc1. The van der Waals surface area contributed by atoms with E-state index >= 15 is 0 Å². The Morgan fingerprint density at radius 1 is 1.11 bits per heavy atom.